The quantitative estimate of drug-likeness (QED) is 0.123. The zero-order chi connectivity index (χ0) is 28.8. The van der Waals surface area contributed by atoms with Gasteiger partial charge in [0, 0.05) is 42.3 Å². The van der Waals surface area contributed by atoms with E-state index in [1.807, 2.05) is 4.90 Å². The predicted octanol–water partition coefficient (Wildman–Crippen LogP) is 4.64. The zero-order valence-electron chi connectivity index (χ0n) is 22.4. The average molecular weight is 562 g/mol. The smallest absolute Gasteiger partial charge is 0.230 e. The lowest BCUT2D eigenvalue weighted by molar-refractivity contribution is -0.115. The molecule has 1 saturated carbocycles. The number of nitrogens with zero attached hydrogens (tertiary/aromatic N) is 4. The monoisotopic (exact) mass is 561 g/mol. The van der Waals surface area contributed by atoms with Crippen molar-refractivity contribution in [2.45, 2.75) is 25.7 Å². The summed E-state index contributed by atoms with van der Waals surface area (Å²) in [4.78, 5) is 23.1. The third kappa shape index (κ3) is 7.00. The number of hydrogen-bond donors (Lipinski definition) is 3. The van der Waals surface area contributed by atoms with Crippen LogP contribution in [0.4, 0.5) is 26.1 Å². The van der Waals surface area contributed by atoms with Crippen molar-refractivity contribution in [3.63, 3.8) is 0 Å². The first-order valence-electron chi connectivity index (χ1n) is 13.2. The lowest BCUT2D eigenvalue weighted by Gasteiger charge is -2.17. The maximum Gasteiger partial charge on any atom is 0.230 e. The van der Waals surface area contributed by atoms with Crippen LogP contribution in [0.5, 0.6) is 11.5 Å². The number of fused-ring (bicyclic) bond motifs is 1. The molecule has 1 aliphatic carbocycles. The van der Waals surface area contributed by atoms with E-state index in [4.69, 9.17) is 15.9 Å². The largest absolute Gasteiger partial charge is 0.493 e. The highest BCUT2D eigenvalue weighted by atomic mass is 19.2. The van der Waals surface area contributed by atoms with Gasteiger partial charge in [-0.15, -0.1) is 0 Å². The molecule has 0 saturated heterocycles. The van der Waals surface area contributed by atoms with Crippen molar-refractivity contribution in [2.24, 2.45) is 5.92 Å². The fourth-order valence-corrected chi connectivity index (χ4v) is 4.30. The van der Waals surface area contributed by atoms with Crippen LogP contribution in [0, 0.1) is 30.0 Å². The van der Waals surface area contributed by atoms with Gasteiger partial charge in [0.05, 0.1) is 31.3 Å². The summed E-state index contributed by atoms with van der Waals surface area (Å²) in [7, 11) is 1.56. The number of amides is 1. The van der Waals surface area contributed by atoms with Crippen LogP contribution < -0.4 is 20.1 Å². The first kappa shape index (κ1) is 27.6. The Balaban J connectivity index is 1.22. The van der Waals surface area contributed by atoms with Crippen molar-refractivity contribution in [1.82, 2.24) is 25.1 Å². The van der Waals surface area contributed by atoms with Crippen LogP contribution in [0.25, 0.3) is 10.9 Å². The zero-order valence-corrected chi connectivity index (χ0v) is 22.4. The van der Waals surface area contributed by atoms with Crippen molar-refractivity contribution in [3.05, 3.63) is 60.1 Å². The number of halogens is 2. The van der Waals surface area contributed by atoms with E-state index in [9.17, 15) is 13.6 Å². The Hall–Kier alpha value is -4.92. The van der Waals surface area contributed by atoms with Gasteiger partial charge in [-0.05, 0) is 43.4 Å². The Morgan fingerprint density at radius 1 is 1.22 bits per heavy atom. The van der Waals surface area contributed by atoms with Crippen LogP contribution in [0.15, 0.2) is 42.7 Å². The Morgan fingerprint density at radius 3 is 2.85 bits per heavy atom. The molecule has 2 aromatic carbocycles. The van der Waals surface area contributed by atoms with Crippen LogP contribution in [-0.4, -0.2) is 57.8 Å². The molecule has 0 aliphatic heterocycles. The second-order valence-electron chi connectivity index (χ2n) is 9.69. The molecule has 0 bridgehead atoms. The summed E-state index contributed by atoms with van der Waals surface area (Å²) in [6.07, 6.45) is 10.2. The fraction of sp³-hybridized carbons (Fsp3) is 0.310. The molecule has 10 nitrogen and oxygen atoms in total. The highest BCUT2D eigenvalue weighted by Crippen LogP contribution is 2.35. The topological polar surface area (TPSA) is 117 Å². The first-order valence-corrected chi connectivity index (χ1v) is 13.2. The minimum atomic E-state index is -1.12. The van der Waals surface area contributed by atoms with Crippen LogP contribution in [0.3, 0.4) is 0 Å². The highest BCUT2D eigenvalue weighted by Gasteiger charge is 2.23. The van der Waals surface area contributed by atoms with Crippen molar-refractivity contribution in [1.29, 1.82) is 0 Å². The molecular formula is C29H29F2N7O3. The van der Waals surface area contributed by atoms with Gasteiger partial charge < -0.3 is 25.0 Å². The van der Waals surface area contributed by atoms with Gasteiger partial charge in [-0.1, -0.05) is 12.5 Å². The lowest BCUT2D eigenvalue weighted by Crippen LogP contribution is -2.23. The minimum absolute atomic E-state index is 0.136. The van der Waals surface area contributed by atoms with Crippen molar-refractivity contribution in [3.8, 4) is 24.0 Å². The summed E-state index contributed by atoms with van der Waals surface area (Å²) in [5, 5.41) is 13.1. The summed E-state index contributed by atoms with van der Waals surface area (Å²) in [5.41, 5.74) is 0.847. The maximum atomic E-state index is 13.9. The predicted molar refractivity (Wildman–Crippen MR) is 150 cm³/mol. The molecule has 12 heteroatoms. The van der Waals surface area contributed by atoms with Gasteiger partial charge in [0.1, 0.15) is 12.1 Å². The van der Waals surface area contributed by atoms with E-state index < -0.39 is 17.5 Å². The molecule has 2 heterocycles. The van der Waals surface area contributed by atoms with Gasteiger partial charge in [-0.25, -0.2) is 18.7 Å². The number of aromatic amines is 1. The van der Waals surface area contributed by atoms with Crippen LogP contribution in [0.2, 0.25) is 0 Å². The van der Waals surface area contributed by atoms with Crippen molar-refractivity contribution in [2.75, 3.05) is 37.4 Å². The maximum absolute atomic E-state index is 13.9. The molecule has 1 amide bonds. The van der Waals surface area contributed by atoms with Gasteiger partial charge in [-0.2, -0.15) is 5.10 Å². The molecule has 0 atom stereocenters. The van der Waals surface area contributed by atoms with Crippen molar-refractivity contribution >= 4 is 34.1 Å². The molecule has 1 fully saturated rings. The number of nitrogens with one attached hydrogen (secondary N) is 3. The average Bonchev–Trinajstić information content (AvgIpc) is 3.69. The molecule has 2 aromatic heterocycles. The summed E-state index contributed by atoms with van der Waals surface area (Å²) >= 11 is 0. The second-order valence-corrected chi connectivity index (χ2v) is 9.69. The second kappa shape index (κ2) is 12.5. The Bertz CT molecular complexity index is 1580. The van der Waals surface area contributed by atoms with E-state index in [-0.39, 0.29) is 12.1 Å². The summed E-state index contributed by atoms with van der Waals surface area (Å²) in [6, 6.07) is 11.5. The number of benzene rings is 2. The molecule has 0 spiro atoms. The molecule has 212 valence electrons. The molecular weight excluding hydrogens is 532 g/mol. The summed E-state index contributed by atoms with van der Waals surface area (Å²) < 4.78 is 38.8. The summed E-state index contributed by atoms with van der Waals surface area (Å²) in [6.45, 7) is 2.16. The van der Waals surface area contributed by atoms with E-state index in [1.165, 1.54) is 31.3 Å². The van der Waals surface area contributed by atoms with Crippen molar-refractivity contribution < 1.29 is 23.0 Å². The van der Waals surface area contributed by atoms with Crippen LogP contribution >= 0.6 is 0 Å². The number of carbonyl (C=O) groups is 1. The molecule has 4 aromatic rings. The number of H-pyrrole nitrogens is 1. The standard InChI is InChI=1S/C29H29F2N7O3/c1-3-38(16-18-8-9-18)10-5-11-41-25-15-23-20(14-24(25)40-2)29(33-17-32-23)35-26-12-19(36-37-26)13-27(39)34-22-7-4-6-21(30)28(22)31/h1,4,6-7,12,14-15,17-18H,5,8-11,13,16H2,2H3,(H,34,39)(H2,32,33,35,36,37). The molecule has 1 aliphatic rings. The van der Waals surface area contributed by atoms with Gasteiger partial charge in [0.15, 0.2) is 29.0 Å². The molecule has 0 radical (unpaired) electrons. The molecule has 5 rings (SSSR count). The highest BCUT2D eigenvalue weighted by molar-refractivity contribution is 5.93. The summed E-state index contributed by atoms with van der Waals surface area (Å²) in [5.74, 6) is -0.0366. The first-order chi connectivity index (χ1) is 19.9. The Labute approximate surface area is 235 Å². The van der Waals surface area contributed by atoms with E-state index in [0.29, 0.717) is 46.3 Å². The third-order valence-electron chi connectivity index (χ3n) is 6.56. The van der Waals surface area contributed by atoms with Gasteiger partial charge in [-0.3, -0.25) is 9.89 Å². The number of aromatic nitrogens is 4. The third-order valence-corrected chi connectivity index (χ3v) is 6.56. The Kier molecular flexibility index (Phi) is 8.43. The van der Waals surface area contributed by atoms with E-state index in [1.54, 1.807) is 25.3 Å². The number of carbonyl (C=O) groups excluding carboxylic acids is 1. The normalized spacial score (nSPS) is 12.5. The van der Waals surface area contributed by atoms with Gasteiger partial charge in [0.25, 0.3) is 0 Å². The van der Waals surface area contributed by atoms with E-state index >= 15 is 0 Å². The SMILES string of the molecule is C#CN(CCCOc1cc2ncnc(Nc3cc(CC(=O)Nc4cccc(F)c4F)[nH]n3)c2cc1OC)CC1CC1. The number of ether oxygens (including phenoxy) is 2. The molecule has 0 unspecified atom stereocenters. The Morgan fingerprint density at radius 2 is 2.07 bits per heavy atom. The molecule has 41 heavy (non-hydrogen) atoms. The van der Waals surface area contributed by atoms with Gasteiger partial charge in [0.2, 0.25) is 5.91 Å². The number of rotatable bonds is 13. The van der Waals surface area contributed by atoms with E-state index in [2.05, 4.69) is 36.8 Å². The van der Waals surface area contributed by atoms with Gasteiger partial charge >= 0.3 is 0 Å². The van der Waals surface area contributed by atoms with Crippen LogP contribution in [-0.2, 0) is 11.2 Å². The van der Waals surface area contributed by atoms with E-state index in [0.717, 1.165) is 31.5 Å². The number of anilines is 3. The minimum Gasteiger partial charge on any atom is -0.493 e. The van der Waals surface area contributed by atoms with Crippen LogP contribution in [0.1, 0.15) is 25.0 Å². The number of hydrogen-bond acceptors (Lipinski definition) is 8. The fourth-order valence-electron chi connectivity index (χ4n) is 4.30. The lowest BCUT2D eigenvalue weighted by atomic mass is 10.2. The number of terminal acetylenes is 1. The molecule has 3 N–H and O–H groups in total. The number of methoxy groups -OCH3 is 1.